The van der Waals surface area contributed by atoms with Crippen LogP contribution < -0.4 is 14.8 Å². The molecule has 0 bridgehead atoms. The van der Waals surface area contributed by atoms with Gasteiger partial charge in [-0.05, 0) is 36.4 Å². The molecule has 27 heavy (non-hydrogen) atoms. The second-order valence-corrected chi connectivity index (χ2v) is 5.61. The van der Waals surface area contributed by atoms with Crippen molar-refractivity contribution < 1.29 is 27.8 Å². The standard InChI is InChI=1S/C19H20F2N2O4/c1-13(24)23(10-11-27-15-8-6-14(26-2)7-9-15)12-18(25)22-19-16(20)4-3-5-17(19)21/h3-9H,10-12H2,1-2H3,(H,22,25). The zero-order valence-corrected chi connectivity index (χ0v) is 15.0. The van der Waals surface area contributed by atoms with Gasteiger partial charge in [0.2, 0.25) is 11.8 Å². The van der Waals surface area contributed by atoms with E-state index in [1.165, 1.54) is 17.9 Å². The van der Waals surface area contributed by atoms with Crippen LogP contribution >= 0.6 is 0 Å². The number of halogens is 2. The van der Waals surface area contributed by atoms with E-state index in [0.717, 1.165) is 12.1 Å². The first kappa shape index (κ1) is 20.2. The van der Waals surface area contributed by atoms with Gasteiger partial charge in [0.25, 0.3) is 0 Å². The van der Waals surface area contributed by atoms with Gasteiger partial charge in [-0.1, -0.05) is 6.07 Å². The molecule has 2 aromatic rings. The Balaban J connectivity index is 1.88. The minimum absolute atomic E-state index is 0.133. The molecular weight excluding hydrogens is 358 g/mol. The zero-order valence-electron chi connectivity index (χ0n) is 15.0. The molecule has 0 fully saturated rings. The summed E-state index contributed by atoms with van der Waals surface area (Å²) in [5.74, 6) is -1.58. The molecule has 0 aromatic heterocycles. The van der Waals surface area contributed by atoms with E-state index < -0.39 is 23.2 Å². The monoisotopic (exact) mass is 378 g/mol. The number of carbonyl (C=O) groups excluding carboxylic acids is 2. The van der Waals surface area contributed by atoms with E-state index in [-0.39, 0.29) is 25.6 Å². The summed E-state index contributed by atoms with van der Waals surface area (Å²) >= 11 is 0. The number of carbonyl (C=O) groups is 2. The molecule has 0 aliphatic rings. The second-order valence-electron chi connectivity index (χ2n) is 5.61. The van der Waals surface area contributed by atoms with Crippen LogP contribution in [0, 0.1) is 11.6 Å². The summed E-state index contributed by atoms with van der Waals surface area (Å²) in [4.78, 5) is 25.0. The van der Waals surface area contributed by atoms with E-state index in [2.05, 4.69) is 5.32 Å². The number of benzene rings is 2. The van der Waals surface area contributed by atoms with Crippen molar-refractivity contribution in [2.45, 2.75) is 6.92 Å². The maximum atomic E-state index is 13.6. The third-order valence-corrected chi connectivity index (χ3v) is 3.70. The van der Waals surface area contributed by atoms with Gasteiger partial charge in [0, 0.05) is 6.92 Å². The number of anilines is 1. The van der Waals surface area contributed by atoms with Gasteiger partial charge in [0.15, 0.2) is 0 Å². The van der Waals surface area contributed by atoms with Crippen LogP contribution in [0.2, 0.25) is 0 Å². The Bertz CT molecular complexity index is 777. The van der Waals surface area contributed by atoms with Gasteiger partial charge in [0.1, 0.15) is 35.4 Å². The second kappa shape index (κ2) is 9.51. The summed E-state index contributed by atoms with van der Waals surface area (Å²) in [6.45, 7) is 1.22. The fraction of sp³-hybridized carbons (Fsp3) is 0.263. The van der Waals surface area contributed by atoms with Gasteiger partial charge in [-0.2, -0.15) is 0 Å². The molecule has 2 amide bonds. The molecule has 0 unspecified atom stereocenters. The maximum absolute atomic E-state index is 13.6. The van der Waals surface area contributed by atoms with Crippen molar-refractivity contribution in [1.29, 1.82) is 0 Å². The molecule has 2 rings (SSSR count). The zero-order chi connectivity index (χ0) is 19.8. The van der Waals surface area contributed by atoms with Gasteiger partial charge in [-0.15, -0.1) is 0 Å². The molecule has 0 aliphatic carbocycles. The molecule has 0 heterocycles. The van der Waals surface area contributed by atoms with Crippen LogP contribution in [0.15, 0.2) is 42.5 Å². The number of amides is 2. The number of hydrogen-bond donors (Lipinski definition) is 1. The Morgan fingerprint density at radius 2 is 1.63 bits per heavy atom. The number of rotatable bonds is 8. The van der Waals surface area contributed by atoms with Crippen molar-refractivity contribution in [3.05, 3.63) is 54.1 Å². The normalized spacial score (nSPS) is 10.2. The summed E-state index contributed by atoms with van der Waals surface area (Å²) in [6.07, 6.45) is 0. The minimum Gasteiger partial charge on any atom is -0.497 e. The molecule has 0 saturated carbocycles. The molecule has 0 saturated heterocycles. The van der Waals surface area contributed by atoms with Crippen molar-refractivity contribution in [2.24, 2.45) is 0 Å². The molecule has 8 heteroatoms. The lowest BCUT2D eigenvalue weighted by atomic mass is 10.3. The van der Waals surface area contributed by atoms with Crippen LogP contribution in [0.5, 0.6) is 11.5 Å². The first-order valence-electron chi connectivity index (χ1n) is 8.17. The van der Waals surface area contributed by atoms with E-state index >= 15 is 0 Å². The summed E-state index contributed by atoms with van der Waals surface area (Å²) in [5, 5.41) is 2.15. The molecule has 0 radical (unpaired) electrons. The summed E-state index contributed by atoms with van der Waals surface area (Å²) in [6, 6.07) is 10.1. The highest BCUT2D eigenvalue weighted by atomic mass is 19.1. The van der Waals surface area contributed by atoms with E-state index in [1.54, 1.807) is 31.4 Å². The largest absolute Gasteiger partial charge is 0.497 e. The number of para-hydroxylation sites is 1. The first-order valence-corrected chi connectivity index (χ1v) is 8.17. The number of nitrogens with zero attached hydrogens (tertiary/aromatic N) is 1. The van der Waals surface area contributed by atoms with E-state index in [0.29, 0.717) is 11.5 Å². The number of hydrogen-bond acceptors (Lipinski definition) is 4. The summed E-state index contributed by atoms with van der Waals surface area (Å²) < 4.78 is 37.7. The first-order chi connectivity index (χ1) is 12.9. The van der Waals surface area contributed by atoms with Gasteiger partial charge in [0.05, 0.1) is 20.2 Å². The molecule has 1 N–H and O–H groups in total. The average molecular weight is 378 g/mol. The fourth-order valence-corrected chi connectivity index (χ4v) is 2.26. The van der Waals surface area contributed by atoms with Crippen molar-refractivity contribution in [1.82, 2.24) is 4.90 Å². The molecular formula is C19H20F2N2O4. The average Bonchev–Trinajstić information content (AvgIpc) is 2.64. The lowest BCUT2D eigenvalue weighted by molar-refractivity contribution is -0.133. The summed E-state index contributed by atoms with van der Waals surface area (Å²) in [7, 11) is 1.55. The molecule has 2 aromatic carbocycles. The van der Waals surface area contributed by atoms with Crippen LogP contribution in [-0.4, -0.2) is 43.5 Å². The van der Waals surface area contributed by atoms with E-state index in [9.17, 15) is 18.4 Å². The molecule has 0 spiro atoms. The Kier molecular flexibility index (Phi) is 7.10. The highest BCUT2D eigenvalue weighted by Crippen LogP contribution is 2.18. The fourth-order valence-electron chi connectivity index (χ4n) is 2.26. The van der Waals surface area contributed by atoms with Crippen molar-refractivity contribution >= 4 is 17.5 Å². The molecule has 6 nitrogen and oxygen atoms in total. The highest BCUT2D eigenvalue weighted by molar-refractivity contribution is 5.94. The van der Waals surface area contributed by atoms with E-state index in [1.807, 2.05) is 0 Å². The lowest BCUT2D eigenvalue weighted by Crippen LogP contribution is -2.39. The van der Waals surface area contributed by atoms with Gasteiger partial charge in [-0.25, -0.2) is 8.78 Å². The van der Waals surface area contributed by atoms with Gasteiger partial charge < -0.3 is 19.7 Å². The highest BCUT2D eigenvalue weighted by Gasteiger charge is 2.17. The number of ether oxygens (including phenoxy) is 2. The Hall–Kier alpha value is -3.16. The Labute approximate surface area is 155 Å². The van der Waals surface area contributed by atoms with Crippen molar-refractivity contribution in [3.8, 4) is 11.5 Å². The van der Waals surface area contributed by atoms with Gasteiger partial charge >= 0.3 is 0 Å². The number of methoxy groups -OCH3 is 1. The predicted molar refractivity (Wildman–Crippen MR) is 95.7 cm³/mol. The van der Waals surface area contributed by atoms with Crippen LogP contribution in [-0.2, 0) is 9.59 Å². The summed E-state index contributed by atoms with van der Waals surface area (Å²) in [5.41, 5.74) is -0.541. The third kappa shape index (κ3) is 5.95. The molecule has 144 valence electrons. The smallest absolute Gasteiger partial charge is 0.244 e. The van der Waals surface area contributed by atoms with Gasteiger partial charge in [-0.3, -0.25) is 9.59 Å². The molecule has 0 aliphatic heterocycles. The van der Waals surface area contributed by atoms with Crippen LogP contribution in [0.1, 0.15) is 6.92 Å². The Morgan fingerprint density at radius 1 is 1.04 bits per heavy atom. The Morgan fingerprint density at radius 3 is 2.19 bits per heavy atom. The topological polar surface area (TPSA) is 67.9 Å². The van der Waals surface area contributed by atoms with Crippen molar-refractivity contribution in [2.75, 3.05) is 32.1 Å². The number of nitrogens with one attached hydrogen (secondary N) is 1. The van der Waals surface area contributed by atoms with Crippen LogP contribution in [0.25, 0.3) is 0 Å². The van der Waals surface area contributed by atoms with E-state index in [4.69, 9.17) is 9.47 Å². The SMILES string of the molecule is COc1ccc(OCCN(CC(=O)Nc2c(F)cccc2F)C(C)=O)cc1. The molecule has 0 atom stereocenters. The predicted octanol–water partition coefficient (Wildman–Crippen LogP) is 2.84. The third-order valence-electron chi connectivity index (χ3n) is 3.70. The quantitative estimate of drug-likeness (QED) is 0.767. The van der Waals surface area contributed by atoms with Crippen LogP contribution in [0.3, 0.4) is 0 Å². The lowest BCUT2D eigenvalue weighted by Gasteiger charge is -2.21. The minimum atomic E-state index is -0.888. The van der Waals surface area contributed by atoms with Crippen molar-refractivity contribution in [3.63, 3.8) is 0 Å². The maximum Gasteiger partial charge on any atom is 0.244 e. The van der Waals surface area contributed by atoms with Crippen LogP contribution in [0.4, 0.5) is 14.5 Å².